The number of aliphatic imine (C=N–C) groups is 1. The first-order valence-corrected chi connectivity index (χ1v) is 6.36. The van der Waals surface area contributed by atoms with E-state index in [2.05, 4.69) is 9.98 Å². The van der Waals surface area contributed by atoms with Crippen LogP contribution in [0.5, 0.6) is 5.75 Å². The predicted octanol–water partition coefficient (Wildman–Crippen LogP) is 2.95. The van der Waals surface area contributed by atoms with Crippen LogP contribution in [-0.2, 0) is 0 Å². The molecule has 0 aliphatic heterocycles. The fourth-order valence-electron chi connectivity index (χ4n) is 2.08. The first-order valence-electron chi connectivity index (χ1n) is 6.36. The lowest BCUT2D eigenvalue weighted by molar-refractivity contribution is 0.472. The highest BCUT2D eigenvalue weighted by Gasteiger charge is 2.10. The van der Waals surface area contributed by atoms with E-state index in [4.69, 9.17) is 4.42 Å². The van der Waals surface area contributed by atoms with Crippen LogP contribution in [-0.4, -0.2) is 16.3 Å². The zero-order valence-corrected chi connectivity index (χ0v) is 11.3. The number of rotatable bonds is 2. The van der Waals surface area contributed by atoms with Crippen molar-refractivity contribution in [3.8, 4) is 5.75 Å². The summed E-state index contributed by atoms with van der Waals surface area (Å²) in [4.78, 5) is 19.8. The minimum absolute atomic E-state index is 0.00377. The summed E-state index contributed by atoms with van der Waals surface area (Å²) in [7, 11) is 0. The largest absolute Gasteiger partial charge is 0.507 e. The number of aryl methyl sites for hydroxylation is 1. The number of nitrogens with zero attached hydrogens (tertiary/aromatic N) is 2. The summed E-state index contributed by atoms with van der Waals surface area (Å²) in [6.07, 6.45) is 3.07. The van der Waals surface area contributed by atoms with Gasteiger partial charge < -0.3 is 9.52 Å². The van der Waals surface area contributed by atoms with Gasteiger partial charge in [-0.25, -0.2) is 14.8 Å². The van der Waals surface area contributed by atoms with Crippen LogP contribution < -0.4 is 5.63 Å². The average Bonchev–Trinajstić information content (AvgIpc) is 2.47. The fraction of sp³-hybridized carbons (Fsp3) is 0.0625. The zero-order valence-electron chi connectivity index (χ0n) is 11.3. The summed E-state index contributed by atoms with van der Waals surface area (Å²) in [5.74, 6) is 0.500. The van der Waals surface area contributed by atoms with Crippen LogP contribution in [0.1, 0.15) is 11.1 Å². The van der Waals surface area contributed by atoms with Crippen LogP contribution in [0.15, 0.2) is 56.8 Å². The van der Waals surface area contributed by atoms with Crippen LogP contribution in [0.4, 0.5) is 5.82 Å². The van der Waals surface area contributed by atoms with Crippen molar-refractivity contribution in [2.45, 2.75) is 6.92 Å². The van der Waals surface area contributed by atoms with Crippen LogP contribution in [0.2, 0.25) is 0 Å². The third-order valence-corrected chi connectivity index (χ3v) is 3.11. The maximum atomic E-state index is 11.5. The molecular formula is C16H12N2O3. The van der Waals surface area contributed by atoms with Crippen molar-refractivity contribution >= 4 is 23.0 Å². The van der Waals surface area contributed by atoms with Crippen molar-refractivity contribution in [3.05, 3.63) is 64.1 Å². The number of phenolic OH excluding ortho intramolecular Hbond substituents is 1. The molecule has 0 saturated carbocycles. The highest BCUT2D eigenvalue weighted by atomic mass is 16.4. The normalized spacial score (nSPS) is 11.3. The lowest BCUT2D eigenvalue weighted by Gasteiger charge is -2.05. The second-order valence-corrected chi connectivity index (χ2v) is 4.57. The molecule has 0 aliphatic carbocycles. The van der Waals surface area contributed by atoms with Crippen molar-refractivity contribution in [1.29, 1.82) is 0 Å². The summed E-state index contributed by atoms with van der Waals surface area (Å²) < 4.78 is 5.22. The van der Waals surface area contributed by atoms with Gasteiger partial charge in [0, 0.05) is 23.9 Å². The molecule has 3 aromatic rings. The molecule has 0 aliphatic rings. The van der Waals surface area contributed by atoms with Crippen LogP contribution in [0.3, 0.4) is 0 Å². The Balaban J connectivity index is 2.20. The molecule has 104 valence electrons. The van der Waals surface area contributed by atoms with Gasteiger partial charge in [0.15, 0.2) is 11.4 Å². The molecule has 2 heterocycles. The Morgan fingerprint density at radius 2 is 2.14 bits per heavy atom. The Hall–Kier alpha value is -2.95. The number of hydrogen-bond acceptors (Lipinski definition) is 5. The Morgan fingerprint density at radius 1 is 1.29 bits per heavy atom. The van der Waals surface area contributed by atoms with Crippen LogP contribution in [0, 0.1) is 6.92 Å². The summed E-state index contributed by atoms with van der Waals surface area (Å²) >= 11 is 0. The Morgan fingerprint density at radius 3 is 2.90 bits per heavy atom. The molecular weight excluding hydrogens is 268 g/mol. The molecule has 5 heteroatoms. The van der Waals surface area contributed by atoms with Crippen molar-refractivity contribution in [1.82, 2.24) is 4.98 Å². The minimum Gasteiger partial charge on any atom is -0.507 e. The maximum absolute atomic E-state index is 11.5. The summed E-state index contributed by atoms with van der Waals surface area (Å²) in [6, 6.07) is 10.0. The van der Waals surface area contributed by atoms with Crippen LogP contribution >= 0.6 is 0 Å². The number of aromatic hydroxyl groups is 1. The van der Waals surface area contributed by atoms with Gasteiger partial charge in [-0.2, -0.15) is 0 Å². The summed E-state index contributed by atoms with van der Waals surface area (Å²) in [5, 5.41) is 10.8. The van der Waals surface area contributed by atoms with Gasteiger partial charge in [0.1, 0.15) is 5.75 Å². The topological polar surface area (TPSA) is 75.7 Å². The Bertz CT molecular complexity index is 883. The Kier molecular flexibility index (Phi) is 3.23. The van der Waals surface area contributed by atoms with Gasteiger partial charge in [0.2, 0.25) is 0 Å². The van der Waals surface area contributed by atoms with Gasteiger partial charge in [-0.15, -0.1) is 0 Å². The summed E-state index contributed by atoms with van der Waals surface area (Å²) in [5.41, 5.74) is 1.01. The molecule has 0 saturated heterocycles. The molecule has 0 unspecified atom stereocenters. The van der Waals surface area contributed by atoms with E-state index in [1.807, 2.05) is 13.0 Å². The number of benzene rings is 1. The van der Waals surface area contributed by atoms with Crippen molar-refractivity contribution in [2.75, 3.05) is 0 Å². The van der Waals surface area contributed by atoms with E-state index < -0.39 is 5.63 Å². The molecule has 0 spiro atoms. The van der Waals surface area contributed by atoms with E-state index in [-0.39, 0.29) is 5.75 Å². The standard InChI is InChI=1S/C16H12N2O3/c1-10-8-15(20)21-16-11(10)5-6-13(19)12(16)9-18-14-4-2-3-7-17-14/h2-9,19H,1H3. The monoisotopic (exact) mass is 280 g/mol. The molecule has 3 rings (SSSR count). The molecule has 1 N–H and O–H groups in total. The Labute approximate surface area is 120 Å². The number of fused-ring (bicyclic) bond motifs is 1. The lowest BCUT2D eigenvalue weighted by Crippen LogP contribution is -2.00. The SMILES string of the molecule is Cc1cc(=O)oc2c(C=Nc3ccccn3)c(O)ccc12. The minimum atomic E-state index is -0.460. The van der Waals surface area contributed by atoms with Gasteiger partial charge in [0.05, 0.1) is 5.56 Å². The third kappa shape index (κ3) is 2.53. The first-order chi connectivity index (χ1) is 10.1. The van der Waals surface area contributed by atoms with Gasteiger partial charge >= 0.3 is 5.63 Å². The summed E-state index contributed by atoms with van der Waals surface area (Å²) in [6.45, 7) is 1.82. The number of hydrogen-bond donors (Lipinski definition) is 1. The first kappa shape index (κ1) is 13.1. The second kappa shape index (κ2) is 5.20. The van der Waals surface area contributed by atoms with Crippen molar-refractivity contribution < 1.29 is 9.52 Å². The molecule has 0 amide bonds. The maximum Gasteiger partial charge on any atom is 0.336 e. The smallest absolute Gasteiger partial charge is 0.336 e. The molecule has 0 radical (unpaired) electrons. The second-order valence-electron chi connectivity index (χ2n) is 4.57. The molecule has 21 heavy (non-hydrogen) atoms. The van der Waals surface area contributed by atoms with Crippen molar-refractivity contribution in [2.24, 2.45) is 4.99 Å². The lowest BCUT2D eigenvalue weighted by atomic mass is 10.1. The van der Waals surface area contributed by atoms with Gasteiger partial charge in [-0.1, -0.05) is 6.07 Å². The van der Waals surface area contributed by atoms with Gasteiger partial charge in [0.25, 0.3) is 0 Å². The molecule has 2 aromatic heterocycles. The van der Waals surface area contributed by atoms with E-state index >= 15 is 0 Å². The van der Waals surface area contributed by atoms with Gasteiger partial charge in [-0.05, 0) is 36.8 Å². The zero-order chi connectivity index (χ0) is 14.8. The number of pyridine rings is 1. The van der Waals surface area contributed by atoms with E-state index in [1.165, 1.54) is 12.3 Å². The third-order valence-electron chi connectivity index (χ3n) is 3.11. The molecule has 0 bridgehead atoms. The van der Waals surface area contributed by atoms with E-state index in [0.717, 1.165) is 10.9 Å². The molecule has 1 aromatic carbocycles. The van der Waals surface area contributed by atoms with E-state index in [0.29, 0.717) is 17.0 Å². The van der Waals surface area contributed by atoms with E-state index in [9.17, 15) is 9.90 Å². The van der Waals surface area contributed by atoms with Crippen molar-refractivity contribution in [3.63, 3.8) is 0 Å². The highest BCUT2D eigenvalue weighted by Crippen LogP contribution is 2.27. The van der Waals surface area contributed by atoms with E-state index in [1.54, 1.807) is 30.5 Å². The quantitative estimate of drug-likeness (QED) is 0.578. The predicted molar refractivity (Wildman–Crippen MR) is 80.4 cm³/mol. The fourth-order valence-corrected chi connectivity index (χ4v) is 2.08. The molecule has 0 fully saturated rings. The molecule has 5 nitrogen and oxygen atoms in total. The number of aromatic nitrogens is 1. The number of phenols is 1. The highest BCUT2D eigenvalue weighted by molar-refractivity contribution is 6.00. The van der Waals surface area contributed by atoms with Crippen LogP contribution in [0.25, 0.3) is 11.0 Å². The van der Waals surface area contributed by atoms with Gasteiger partial charge in [-0.3, -0.25) is 0 Å². The molecule has 0 atom stereocenters. The average molecular weight is 280 g/mol.